The Kier molecular flexibility index (Phi) is 4.16. The van der Waals surface area contributed by atoms with Crippen molar-refractivity contribution in [2.45, 2.75) is 19.9 Å². The Labute approximate surface area is 116 Å². The molecule has 1 N–H and O–H groups in total. The molecule has 2 heterocycles. The van der Waals surface area contributed by atoms with Crippen LogP contribution < -0.4 is 10.0 Å². The maximum absolute atomic E-state index is 12.1. The fourth-order valence-corrected chi connectivity index (χ4v) is 2.80. The van der Waals surface area contributed by atoms with Crippen molar-refractivity contribution >= 4 is 17.2 Å². The summed E-state index contributed by atoms with van der Waals surface area (Å²) in [6, 6.07) is 7.14. The Bertz CT molecular complexity index is 552. The second-order valence-electron chi connectivity index (χ2n) is 4.66. The molecule has 100 valence electrons. The molecule has 0 aliphatic rings. The van der Waals surface area contributed by atoms with Gasteiger partial charge in [-0.05, 0) is 23.4 Å². The molecule has 0 radical (unpaired) electrons. The molecule has 0 bridgehead atoms. The summed E-state index contributed by atoms with van der Waals surface area (Å²) in [7, 11) is 0. The smallest absolute Gasteiger partial charge is 0.257 e. The molecule has 0 spiro atoms. The first-order valence-electron chi connectivity index (χ1n) is 6.11. The Hall–Kier alpha value is -1.88. The van der Waals surface area contributed by atoms with Gasteiger partial charge in [0.2, 0.25) is 0 Å². The zero-order valence-electron chi connectivity index (χ0n) is 10.9. The number of carbonyl (C=O) groups excluding carboxylic acids is 1. The highest BCUT2D eigenvalue weighted by Gasteiger charge is 2.20. The summed E-state index contributed by atoms with van der Waals surface area (Å²) in [6.45, 7) is 4.12. The van der Waals surface area contributed by atoms with E-state index in [9.17, 15) is 10.0 Å². The number of thiophene rings is 1. The van der Waals surface area contributed by atoms with Crippen molar-refractivity contribution in [3.63, 3.8) is 0 Å². The van der Waals surface area contributed by atoms with Gasteiger partial charge in [-0.3, -0.25) is 4.79 Å². The van der Waals surface area contributed by atoms with Crippen molar-refractivity contribution in [2.24, 2.45) is 5.92 Å². The first kappa shape index (κ1) is 13.5. The van der Waals surface area contributed by atoms with E-state index >= 15 is 0 Å². The van der Waals surface area contributed by atoms with Crippen LogP contribution in [-0.2, 0) is 0 Å². The lowest BCUT2D eigenvalue weighted by molar-refractivity contribution is -0.605. The van der Waals surface area contributed by atoms with Crippen LogP contribution in [0.25, 0.3) is 0 Å². The van der Waals surface area contributed by atoms with Crippen LogP contribution in [0.2, 0.25) is 0 Å². The largest absolute Gasteiger partial charge is 0.619 e. The van der Waals surface area contributed by atoms with Crippen molar-refractivity contribution in [3.05, 3.63) is 57.7 Å². The molecule has 2 rings (SSSR count). The Morgan fingerprint density at radius 2 is 2.16 bits per heavy atom. The lowest BCUT2D eigenvalue weighted by atomic mass is 10.0. The molecule has 0 unspecified atom stereocenters. The van der Waals surface area contributed by atoms with E-state index in [1.54, 1.807) is 23.5 Å². The van der Waals surface area contributed by atoms with Crippen LogP contribution in [0.1, 0.15) is 35.1 Å². The number of carbonyl (C=O) groups is 1. The van der Waals surface area contributed by atoms with Crippen molar-refractivity contribution in [1.82, 2.24) is 5.32 Å². The van der Waals surface area contributed by atoms with Crippen LogP contribution >= 0.6 is 11.3 Å². The summed E-state index contributed by atoms with van der Waals surface area (Å²) >= 11 is 1.62. The van der Waals surface area contributed by atoms with Gasteiger partial charge >= 0.3 is 0 Å². The second kappa shape index (κ2) is 5.84. The average Bonchev–Trinajstić information content (AvgIpc) is 2.88. The SMILES string of the molecule is CC(C)[C@@H](NC(=O)c1ccc[n+]([O-])c1)c1cccs1. The summed E-state index contributed by atoms with van der Waals surface area (Å²) in [5.74, 6) is 0.0583. The topological polar surface area (TPSA) is 56.0 Å². The number of amides is 1. The van der Waals surface area contributed by atoms with Gasteiger partial charge in [-0.15, -0.1) is 11.3 Å². The molecule has 0 aliphatic carbocycles. The number of nitrogens with one attached hydrogen (secondary N) is 1. The van der Waals surface area contributed by atoms with E-state index in [1.165, 1.54) is 12.4 Å². The van der Waals surface area contributed by atoms with E-state index in [2.05, 4.69) is 19.2 Å². The number of rotatable bonds is 4. The van der Waals surface area contributed by atoms with E-state index in [0.717, 1.165) is 4.88 Å². The van der Waals surface area contributed by atoms with E-state index in [0.29, 0.717) is 10.3 Å². The third-order valence-electron chi connectivity index (χ3n) is 2.84. The Balaban J connectivity index is 2.16. The van der Waals surface area contributed by atoms with Gasteiger partial charge in [0.1, 0.15) is 5.56 Å². The monoisotopic (exact) mass is 276 g/mol. The number of pyridine rings is 1. The van der Waals surface area contributed by atoms with Gasteiger partial charge in [-0.2, -0.15) is 4.73 Å². The maximum atomic E-state index is 12.1. The Morgan fingerprint density at radius 3 is 2.74 bits per heavy atom. The van der Waals surface area contributed by atoms with Crippen molar-refractivity contribution in [1.29, 1.82) is 0 Å². The summed E-state index contributed by atoms with van der Waals surface area (Å²) < 4.78 is 0.629. The molecule has 0 fully saturated rings. The lowest BCUT2D eigenvalue weighted by Gasteiger charge is -2.21. The quantitative estimate of drug-likeness (QED) is 0.689. The maximum Gasteiger partial charge on any atom is 0.257 e. The minimum absolute atomic E-state index is 0.0344. The average molecular weight is 276 g/mol. The van der Waals surface area contributed by atoms with E-state index in [4.69, 9.17) is 0 Å². The van der Waals surface area contributed by atoms with Gasteiger partial charge in [-0.1, -0.05) is 19.9 Å². The summed E-state index contributed by atoms with van der Waals surface area (Å²) in [5, 5.41) is 16.2. The zero-order valence-corrected chi connectivity index (χ0v) is 11.7. The predicted molar refractivity (Wildman–Crippen MR) is 74.8 cm³/mol. The second-order valence-corrected chi connectivity index (χ2v) is 5.64. The van der Waals surface area contributed by atoms with Gasteiger partial charge in [0.25, 0.3) is 5.91 Å². The minimum atomic E-state index is -0.225. The van der Waals surface area contributed by atoms with Crippen LogP contribution in [0.4, 0.5) is 0 Å². The van der Waals surface area contributed by atoms with Crippen molar-refractivity contribution in [3.8, 4) is 0 Å². The fraction of sp³-hybridized carbons (Fsp3) is 0.286. The molecule has 1 amide bonds. The molecule has 2 aromatic heterocycles. The first-order valence-corrected chi connectivity index (χ1v) is 6.99. The minimum Gasteiger partial charge on any atom is -0.619 e. The van der Waals surface area contributed by atoms with Gasteiger partial charge in [0.15, 0.2) is 12.4 Å². The van der Waals surface area contributed by atoms with Gasteiger partial charge in [0, 0.05) is 10.9 Å². The van der Waals surface area contributed by atoms with Crippen LogP contribution in [-0.4, -0.2) is 5.91 Å². The van der Waals surface area contributed by atoms with Gasteiger partial charge < -0.3 is 10.5 Å². The third-order valence-corrected chi connectivity index (χ3v) is 3.80. The number of hydrogen-bond acceptors (Lipinski definition) is 3. The van der Waals surface area contributed by atoms with Crippen LogP contribution in [0, 0.1) is 11.1 Å². The van der Waals surface area contributed by atoms with Crippen molar-refractivity contribution in [2.75, 3.05) is 0 Å². The van der Waals surface area contributed by atoms with Gasteiger partial charge in [-0.25, -0.2) is 0 Å². The Morgan fingerprint density at radius 1 is 1.37 bits per heavy atom. The zero-order chi connectivity index (χ0) is 13.8. The van der Waals surface area contributed by atoms with Gasteiger partial charge in [0.05, 0.1) is 6.04 Å². The number of nitrogens with zero attached hydrogens (tertiary/aromatic N) is 1. The molecule has 0 saturated heterocycles. The molecule has 5 heteroatoms. The van der Waals surface area contributed by atoms with Crippen LogP contribution in [0.5, 0.6) is 0 Å². The third kappa shape index (κ3) is 3.32. The number of hydrogen-bond donors (Lipinski definition) is 1. The normalized spacial score (nSPS) is 12.4. The number of aromatic nitrogens is 1. The predicted octanol–water partition coefficient (Wildman–Crippen LogP) is 2.51. The molecular formula is C14H16N2O2S. The standard InChI is InChI=1S/C14H16N2O2S/c1-10(2)13(12-6-4-8-19-12)15-14(17)11-5-3-7-16(18)9-11/h3-10,13H,1-2H3,(H,15,17)/t13-/m1/s1. The van der Waals surface area contributed by atoms with Crippen LogP contribution in [0.3, 0.4) is 0 Å². The molecule has 0 saturated carbocycles. The molecule has 4 nitrogen and oxygen atoms in total. The summed E-state index contributed by atoms with van der Waals surface area (Å²) in [6.07, 6.45) is 2.64. The fourth-order valence-electron chi connectivity index (χ4n) is 1.85. The highest BCUT2D eigenvalue weighted by atomic mass is 32.1. The highest BCUT2D eigenvalue weighted by molar-refractivity contribution is 7.10. The summed E-state index contributed by atoms with van der Waals surface area (Å²) in [5.41, 5.74) is 0.375. The molecule has 0 aromatic carbocycles. The first-order chi connectivity index (χ1) is 9.08. The summed E-state index contributed by atoms with van der Waals surface area (Å²) in [4.78, 5) is 13.3. The van der Waals surface area contributed by atoms with Crippen LogP contribution in [0.15, 0.2) is 42.0 Å². The molecule has 1 atom stereocenters. The molecule has 0 aliphatic heterocycles. The molecular weight excluding hydrogens is 260 g/mol. The van der Waals surface area contributed by atoms with Crippen molar-refractivity contribution < 1.29 is 9.52 Å². The lowest BCUT2D eigenvalue weighted by Crippen LogP contribution is -2.33. The van der Waals surface area contributed by atoms with E-state index < -0.39 is 0 Å². The molecule has 2 aromatic rings. The van der Waals surface area contributed by atoms with E-state index in [-0.39, 0.29) is 17.9 Å². The molecule has 19 heavy (non-hydrogen) atoms. The van der Waals surface area contributed by atoms with E-state index in [1.807, 2.05) is 17.5 Å². The highest BCUT2D eigenvalue weighted by Crippen LogP contribution is 2.25.